The van der Waals surface area contributed by atoms with Crippen molar-refractivity contribution in [1.29, 1.82) is 0 Å². The summed E-state index contributed by atoms with van der Waals surface area (Å²) in [6.45, 7) is 2.65. The number of allylic oxidation sites excluding steroid dienone is 2. The molecule has 138 valence electrons. The van der Waals surface area contributed by atoms with Gasteiger partial charge in [-0.1, -0.05) is 0 Å². The monoisotopic (exact) mass is 339 g/mol. The number of hydrogen-bond acceptors (Lipinski definition) is 6. The van der Waals surface area contributed by atoms with Crippen molar-refractivity contribution in [3.8, 4) is 0 Å². The van der Waals surface area contributed by atoms with E-state index in [1.807, 2.05) is 7.05 Å². The largest absolute Gasteiger partial charge is 0.401 e. The Kier molecular flexibility index (Phi) is 7.33. The number of carbonyl (C=O) groups is 1. The number of nitrogens with zero attached hydrogens (tertiary/aromatic N) is 1. The van der Waals surface area contributed by atoms with Gasteiger partial charge in [-0.3, -0.25) is 4.79 Å². The lowest BCUT2D eigenvalue weighted by Gasteiger charge is -2.25. The minimum Gasteiger partial charge on any atom is -0.401 e. The maximum atomic E-state index is 11.6. The standard InChI is InChI=1S/C17H33N5O2/c1-20-8-7-17(23)21-9-10-22(19)16-6-4-13-12(3-5-15(16)18)14(13)11-24-2/h12-14,20H,3-11,18-19H2,1-2H3,(H,21,23)/b16-15-/t12?,13?,14-/m0/s1. The number of carbonyl (C=O) groups excluding carboxylic acids is 1. The Morgan fingerprint density at radius 2 is 2.00 bits per heavy atom. The van der Waals surface area contributed by atoms with Gasteiger partial charge in [0.15, 0.2) is 0 Å². The summed E-state index contributed by atoms with van der Waals surface area (Å²) < 4.78 is 5.32. The summed E-state index contributed by atoms with van der Waals surface area (Å²) in [7, 11) is 3.61. The molecule has 7 nitrogen and oxygen atoms in total. The lowest BCUT2D eigenvalue weighted by molar-refractivity contribution is -0.121. The number of fused-ring (bicyclic) bond motifs is 1. The van der Waals surface area contributed by atoms with E-state index in [0.29, 0.717) is 32.0 Å². The predicted molar refractivity (Wildman–Crippen MR) is 94.5 cm³/mol. The van der Waals surface area contributed by atoms with Crippen LogP contribution in [-0.4, -0.2) is 51.3 Å². The van der Waals surface area contributed by atoms with Gasteiger partial charge in [0.25, 0.3) is 0 Å². The van der Waals surface area contributed by atoms with Crippen LogP contribution >= 0.6 is 0 Å². The van der Waals surface area contributed by atoms with Crippen LogP contribution in [0.3, 0.4) is 0 Å². The highest BCUT2D eigenvalue weighted by Crippen LogP contribution is 2.53. The molecule has 6 N–H and O–H groups in total. The van der Waals surface area contributed by atoms with Gasteiger partial charge in [0.05, 0.1) is 6.54 Å². The van der Waals surface area contributed by atoms with Crippen LogP contribution in [0.4, 0.5) is 0 Å². The van der Waals surface area contributed by atoms with Crippen LogP contribution in [0.15, 0.2) is 11.4 Å². The molecule has 24 heavy (non-hydrogen) atoms. The van der Waals surface area contributed by atoms with Gasteiger partial charge in [-0.15, -0.1) is 0 Å². The Hall–Kier alpha value is -1.31. The van der Waals surface area contributed by atoms with Gasteiger partial charge in [-0.25, -0.2) is 5.84 Å². The van der Waals surface area contributed by atoms with E-state index in [9.17, 15) is 4.79 Å². The van der Waals surface area contributed by atoms with Crippen molar-refractivity contribution in [2.45, 2.75) is 32.1 Å². The van der Waals surface area contributed by atoms with Crippen molar-refractivity contribution >= 4 is 5.91 Å². The molecule has 0 aromatic rings. The normalized spacial score (nSPS) is 29.4. The smallest absolute Gasteiger partial charge is 0.221 e. The molecule has 2 aliphatic rings. The van der Waals surface area contributed by atoms with Gasteiger partial charge in [0.2, 0.25) is 5.91 Å². The predicted octanol–water partition coefficient (Wildman–Crippen LogP) is 0.141. The third-order valence-corrected chi connectivity index (χ3v) is 5.32. The first-order chi connectivity index (χ1) is 11.6. The zero-order chi connectivity index (χ0) is 17.5. The van der Waals surface area contributed by atoms with E-state index in [4.69, 9.17) is 16.3 Å². The fourth-order valence-corrected chi connectivity index (χ4v) is 3.86. The molecular weight excluding hydrogens is 306 g/mol. The van der Waals surface area contributed by atoms with Crippen molar-refractivity contribution in [2.75, 3.05) is 40.4 Å². The summed E-state index contributed by atoms with van der Waals surface area (Å²) in [5.41, 5.74) is 8.22. The fourth-order valence-electron chi connectivity index (χ4n) is 3.86. The van der Waals surface area contributed by atoms with Crippen molar-refractivity contribution in [2.24, 2.45) is 29.3 Å². The Morgan fingerprint density at radius 3 is 2.67 bits per heavy atom. The molecule has 7 heteroatoms. The van der Waals surface area contributed by atoms with Gasteiger partial charge in [-0.2, -0.15) is 0 Å². The fraction of sp³-hybridized carbons (Fsp3) is 0.824. The summed E-state index contributed by atoms with van der Waals surface area (Å²) in [4.78, 5) is 11.6. The molecule has 0 saturated heterocycles. The Bertz CT molecular complexity index is 454. The summed E-state index contributed by atoms with van der Waals surface area (Å²) in [5.74, 6) is 8.46. The third-order valence-electron chi connectivity index (χ3n) is 5.32. The zero-order valence-corrected chi connectivity index (χ0v) is 15.0. The molecule has 0 spiro atoms. The van der Waals surface area contributed by atoms with Crippen molar-refractivity contribution in [1.82, 2.24) is 15.6 Å². The molecule has 1 amide bonds. The average Bonchev–Trinajstić information content (AvgIpc) is 3.20. The highest BCUT2D eigenvalue weighted by atomic mass is 16.5. The molecule has 1 saturated carbocycles. The van der Waals surface area contributed by atoms with Crippen LogP contribution in [0.1, 0.15) is 32.1 Å². The molecule has 2 unspecified atom stereocenters. The van der Waals surface area contributed by atoms with Crippen LogP contribution in [0.5, 0.6) is 0 Å². The molecule has 0 heterocycles. The maximum Gasteiger partial charge on any atom is 0.221 e. The van der Waals surface area contributed by atoms with E-state index in [1.54, 1.807) is 12.1 Å². The Balaban J connectivity index is 1.77. The summed E-state index contributed by atoms with van der Waals surface area (Å²) >= 11 is 0. The second kappa shape index (κ2) is 9.25. The summed E-state index contributed by atoms with van der Waals surface area (Å²) in [6.07, 6.45) is 4.55. The number of hydrogen-bond donors (Lipinski definition) is 4. The van der Waals surface area contributed by atoms with Crippen LogP contribution in [0.2, 0.25) is 0 Å². The second-order valence-electron chi connectivity index (χ2n) is 6.89. The van der Waals surface area contributed by atoms with Crippen LogP contribution in [0, 0.1) is 17.8 Å². The highest BCUT2D eigenvalue weighted by Gasteiger charge is 2.49. The topological polar surface area (TPSA) is 106 Å². The van der Waals surface area contributed by atoms with E-state index in [1.165, 1.54) is 0 Å². The number of amides is 1. The lowest BCUT2D eigenvalue weighted by Crippen LogP contribution is -2.40. The van der Waals surface area contributed by atoms with Crippen LogP contribution in [-0.2, 0) is 9.53 Å². The van der Waals surface area contributed by atoms with Gasteiger partial charge in [0, 0.05) is 44.6 Å². The lowest BCUT2D eigenvalue weighted by atomic mass is 10.0. The average molecular weight is 339 g/mol. The molecule has 0 aliphatic heterocycles. The molecule has 0 aromatic heterocycles. The van der Waals surface area contributed by atoms with Crippen molar-refractivity contribution in [3.63, 3.8) is 0 Å². The zero-order valence-electron chi connectivity index (χ0n) is 15.0. The minimum absolute atomic E-state index is 0.0422. The first-order valence-corrected chi connectivity index (χ1v) is 8.98. The first kappa shape index (κ1) is 19.0. The minimum atomic E-state index is 0.0422. The highest BCUT2D eigenvalue weighted by molar-refractivity contribution is 5.76. The van der Waals surface area contributed by atoms with E-state index in [2.05, 4.69) is 10.6 Å². The number of rotatable bonds is 9. The van der Waals surface area contributed by atoms with Crippen LogP contribution in [0.25, 0.3) is 0 Å². The maximum absolute atomic E-state index is 11.6. The van der Waals surface area contributed by atoms with Crippen LogP contribution < -0.4 is 22.2 Å². The van der Waals surface area contributed by atoms with Crippen molar-refractivity contribution in [3.05, 3.63) is 11.4 Å². The van der Waals surface area contributed by atoms with Gasteiger partial charge in [0.1, 0.15) is 0 Å². The molecule has 2 rings (SSSR count). The quantitative estimate of drug-likeness (QED) is 0.352. The molecular formula is C17H33N5O2. The van der Waals surface area contributed by atoms with Gasteiger partial charge >= 0.3 is 0 Å². The Morgan fingerprint density at radius 1 is 1.29 bits per heavy atom. The van der Waals surface area contributed by atoms with Gasteiger partial charge < -0.3 is 26.1 Å². The van der Waals surface area contributed by atoms with E-state index in [0.717, 1.165) is 55.5 Å². The molecule has 0 aromatic carbocycles. The Labute approximate surface area is 145 Å². The SMILES string of the molecule is CNCCC(=O)NCCN(N)/C1=C(\N)CCC2C(CC1)[C@H]2COC. The first-order valence-electron chi connectivity index (χ1n) is 8.98. The van der Waals surface area contributed by atoms with Gasteiger partial charge in [-0.05, 0) is 50.5 Å². The summed E-state index contributed by atoms with van der Waals surface area (Å²) in [5, 5.41) is 7.57. The molecule has 2 aliphatic carbocycles. The number of nitrogens with one attached hydrogen (secondary N) is 2. The van der Waals surface area contributed by atoms with Crippen molar-refractivity contribution < 1.29 is 9.53 Å². The van der Waals surface area contributed by atoms with E-state index >= 15 is 0 Å². The molecule has 0 radical (unpaired) electrons. The van der Waals surface area contributed by atoms with E-state index < -0.39 is 0 Å². The second-order valence-corrected chi connectivity index (χ2v) is 6.89. The molecule has 0 bridgehead atoms. The number of ether oxygens (including phenoxy) is 1. The number of nitrogens with two attached hydrogens (primary N) is 2. The molecule has 1 fully saturated rings. The number of hydrazine groups is 1. The third kappa shape index (κ3) is 5.09. The number of methoxy groups -OCH3 is 1. The van der Waals surface area contributed by atoms with E-state index in [-0.39, 0.29) is 5.91 Å². The summed E-state index contributed by atoms with van der Waals surface area (Å²) in [6, 6.07) is 0. The molecule has 3 atom stereocenters.